The summed E-state index contributed by atoms with van der Waals surface area (Å²) in [6, 6.07) is 16.5. The first-order valence-corrected chi connectivity index (χ1v) is 8.31. The maximum atomic E-state index is 6.17. The third-order valence-electron chi connectivity index (χ3n) is 3.33. The molecule has 3 rings (SSSR count). The highest BCUT2D eigenvalue weighted by Crippen LogP contribution is 2.31. The summed E-state index contributed by atoms with van der Waals surface area (Å²) < 4.78 is 5.72. The molecule has 3 nitrogen and oxygen atoms in total. The van der Waals surface area contributed by atoms with Crippen molar-refractivity contribution in [1.29, 1.82) is 0 Å². The highest BCUT2D eigenvalue weighted by molar-refractivity contribution is 6.35. The molecule has 0 aliphatic rings. The fourth-order valence-corrected chi connectivity index (χ4v) is 2.72. The molecule has 24 heavy (non-hydrogen) atoms. The van der Waals surface area contributed by atoms with E-state index >= 15 is 0 Å². The van der Waals surface area contributed by atoms with E-state index < -0.39 is 0 Å². The Morgan fingerprint density at radius 3 is 2.62 bits per heavy atom. The zero-order chi connectivity index (χ0) is 16.9. The van der Waals surface area contributed by atoms with Gasteiger partial charge in [-0.2, -0.15) is 5.10 Å². The molecule has 0 atom stereocenters. The topological polar surface area (TPSA) is 37.5 Å². The molecule has 0 spiro atoms. The first kappa shape index (κ1) is 16.9. The van der Waals surface area contributed by atoms with Crippen LogP contribution in [0.1, 0.15) is 11.3 Å². The van der Waals surface area contributed by atoms with Crippen molar-refractivity contribution in [3.8, 4) is 11.3 Å². The van der Waals surface area contributed by atoms with E-state index in [-0.39, 0.29) is 0 Å². The van der Waals surface area contributed by atoms with Crippen LogP contribution in [0, 0.1) is 0 Å². The molecule has 0 aliphatic carbocycles. The molecule has 0 saturated heterocycles. The van der Waals surface area contributed by atoms with Crippen molar-refractivity contribution in [3.05, 3.63) is 81.0 Å². The van der Waals surface area contributed by atoms with E-state index in [9.17, 15) is 0 Å². The zero-order valence-corrected chi connectivity index (χ0v) is 14.7. The average molecular weight is 380 g/mol. The predicted octanol–water partition coefficient (Wildman–Crippen LogP) is 6.03. The maximum absolute atomic E-state index is 6.17. The van der Waals surface area contributed by atoms with Crippen molar-refractivity contribution in [2.45, 2.75) is 6.54 Å². The van der Waals surface area contributed by atoms with Crippen molar-refractivity contribution in [3.63, 3.8) is 0 Å². The molecule has 0 aliphatic heterocycles. The summed E-state index contributed by atoms with van der Waals surface area (Å²) >= 11 is 18.3. The molecule has 1 heterocycles. The molecule has 2 aromatic carbocycles. The standard InChI is InChI=1S/C18H13Cl3N2O/c19-13-5-7-17(21)15(9-13)18-8-6-14(24-18)11-23-22-10-12-3-1-2-4-16(12)20/h1-9,11,22H,10H2/b23-11-. The van der Waals surface area contributed by atoms with Gasteiger partial charge in [0.25, 0.3) is 0 Å². The largest absolute Gasteiger partial charge is 0.455 e. The van der Waals surface area contributed by atoms with Gasteiger partial charge < -0.3 is 9.84 Å². The van der Waals surface area contributed by atoms with Crippen molar-refractivity contribution in [2.75, 3.05) is 0 Å². The first-order chi connectivity index (χ1) is 11.6. The van der Waals surface area contributed by atoms with Crippen LogP contribution in [0.2, 0.25) is 15.1 Å². The van der Waals surface area contributed by atoms with Gasteiger partial charge in [-0.15, -0.1) is 0 Å². The number of hydrogen-bond acceptors (Lipinski definition) is 3. The van der Waals surface area contributed by atoms with E-state index in [1.807, 2.05) is 36.4 Å². The van der Waals surface area contributed by atoms with Crippen LogP contribution < -0.4 is 5.43 Å². The van der Waals surface area contributed by atoms with Crippen molar-refractivity contribution < 1.29 is 4.42 Å². The zero-order valence-electron chi connectivity index (χ0n) is 12.5. The third kappa shape index (κ3) is 4.12. The molecular formula is C18H13Cl3N2O. The van der Waals surface area contributed by atoms with E-state index in [4.69, 9.17) is 39.2 Å². The number of rotatable bonds is 5. The van der Waals surface area contributed by atoms with Gasteiger partial charge in [-0.3, -0.25) is 0 Å². The Kier molecular flexibility index (Phi) is 5.46. The third-order valence-corrected chi connectivity index (χ3v) is 4.26. The fourth-order valence-electron chi connectivity index (χ4n) is 2.14. The van der Waals surface area contributed by atoms with E-state index in [2.05, 4.69) is 10.5 Å². The molecule has 3 aromatic rings. The van der Waals surface area contributed by atoms with Gasteiger partial charge in [-0.1, -0.05) is 53.0 Å². The summed E-state index contributed by atoms with van der Waals surface area (Å²) in [5.41, 5.74) is 4.66. The molecule has 0 bridgehead atoms. The van der Waals surface area contributed by atoms with Crippen LogP contribution in [-0.4, -0.2) is 6.21 Å². The normalized spacial score (nSPS) is 11.1. The minimum atomic E-state index is 0.532. The lowest BCUT2D eigenvalue weighted by molar-refractivity contribution is 0.573. The lowest BCUT2D eigenvalue weighted by atomic mass is 10.2. The van der Waals surface area contributed by atoms with Crippen LogP contribution in [-0.2, 0) is 6.54 Å². The van der Waals surface area contributed by atoms with Crippen LogP contribution in [0.15, 0.2) is 64.1 Å². The molecule has 0 radical (unpaired) electrons. The first-order valence-electron chi connectivity index (χ1n) is 7.18. The van der Waals surface area contributed by atoms with Crippen LogP contribution in [0.3, 0.4) is 0 Å². The Labute approximate surface area is 154 Å². The van der Waals surface area contributed by atoms with Crippen LogP contribution in [0.4, 0.5) is 0 Å². The molecule has 6 heteroatoms. The molecule has 0 unspecified atom stereocenters. The second kappa shape index (κ2) is 7.75. The minimum absolute atomic E-state index is 0.532. The highest BCUT2D eigenvalue weighted by Gasteiger charge is 2.08. The van der Waals surface area contributed by atoms with Gasteiger partial charge in [0.15, 0.2) is 0 Å². The summed E-state index contributed by atoms with van der Waals surface area (Å²) in [6.07, 6.45) is 1.60. The number of halogens is 3. The number of hydrogen-bond donors (Lipinski definition) is 1. The van der Waals surface area contributed by atoms with Crippen molar-refractivity contribution in [1.82, 2.24) is 5.43 Å². The van der Waals surface area contributed by atoms with Crippen LogP contribution in [0.25, 0.3) is 11.3 Å². The SMILES string of the molecule is Clc1ccc(Cl)c(-c2ccc(/C=N\NCc3ccccc3Cl)o2)c1. The van der Waals surface area contributed by atoms with Gasteiger partial charge in [0.2, 0.25) is 0 Å². The van der Waals surface area contributed by atoms with Gasteiger partial charge in [0.1, 0.15) is 11.5 Å². The lowest BCUT2D eigenvalue weighted by Gasteiger charge is -2.02. The molecule has 122 valence electrons. The molecule has 0 saturated carbocycles. The predicted molar refractivity (Wildman–Crippen MR) is 100 cm³/mol. The van der Waals surface area contributed by atoms with Gasteiger partial charge >= 0.3 is 0 Å². The van der Waals surface area contributed by atoms with Crippen molar-refractivity contribution in [2.24, 2.45) is 5.10 Å². The second-order valence-electron chi connectivity index (χ2n) is 5.01. The molecule has 0 amide bonds. The number of benzene rings is 2. The monoisotopic (exact) mass is 378 g/mol. The summed E-state index contributed by atoms with van der Waals surface area (Å²) in [5, 5.41) is 6.02. The van der Waals surface area contributed by atoms with E-state index in [0.29, 0.717) is 33.1 Å². The van der Waals surface area contributed by atoms with Crippen LogP contribution >= 0.6 is 34.8 Å². The number of nitrogens with zero attached hydrogens (tertiary/aromatic N) is 1. The molecular weight excluding hydrogens is 367 g/mol. The fraction of sp³-hybridized carbons (Fsp3) is 0.0556. The second-order valence-corrected chi connectivity index (χ2v) is 6.26. The van der Waals surface area contributed by atoms with Gasteiger partial charge in [-0.05, 0) is 42.0 Å². The Bertz CT molecular complexity index is 874. The van der Waals surface area contributed by atoms with E-state index in [1.165, 1.54) is 0 Å². The average Bonchev–Trinajstić information content (AvgIpc) is 3.04. The number of furan rings is 1. The summed E-state index contributed by atoms with van der Waals surface area (Å²) in [4.78, 5) is 0. The summed E-state index contributed by atoms with van der Waals surface area (Å²) in [5.74, 6) is 1.24. The van der Waals surface area contributed by atoms with Crippen molar-refractivity contribution >= 4 is 41.0 Å². The Morgan fingerprint density at radius 1 is 0.958 bits per heavy atom. The Balaban J connectivity index is 1.66. The quantitative estimate of drug-likeness (QED) is 0.434. The van der Waals surface area contributed by atoms with Crippen LogP contribution in [0.5, 0.6) is 0 Å². The highest BCUT2D eigenvalue weighted by atomic mass is 35.5. The summed E-state index contributed by atoms with van der Waals surface area (Å²) in [7, 11) is 0. The minimum Gasteiger partial charge on any atom is -0.455 e. The Morgan fingerprint density at radius 2 is 1.79 bits per heavy atom. The molecule has 1 N–H and O–H groups in total. The smallest absolute Gasteiger partial charge is 0.147 e. The number of nitrogens with one attached hydrogen (secondary N) is 1. The number of hydrazone groups is 1. The van der Waals surface area contributed by atoms with E-state index in [1.54, 1.807) is 24.4 Å². The molecule has 1 aromatic heterocycles. The summed E-state index contributed by atoms with van der Waals surface area (Å²) in [6.45, 7) is 0.532. The van der Waals surface area contributed by atoms with Gasteiger partial charge in [0, 0.05) is 15.6 Å². The van der Waals surface area contributed by atoms with E-state index in [0.717, 1.165) is 11.1 Å². The Hall–Kier alpha value is -1.94. The van der Waals surface area contributed by atoms with Gasteiger partial charge in [0.05, 0.1) is 17.8 Å². The maximum Gasteiger partial charge on any atom is 0.147 e. The van der Waals surface area contributed by atoms with Gasteiger partial charge in [-0.25, -0.2) is 0 Å². The molecule has 0 fully saturated rings. The lowest BCUT2D eigenvalue weighted by Crippen LogP contribution is -2.05.